The molecule has 0 amide bonds. The summed E-state index contributed by atoms with van der Waals surface area (Å²) in [5.41, 5.74) is 1.10. The second-order valence-corrected chi connectivity index (χ2v) is 6.41. The largest absolute Gasteiger partial charge is 0.493 e. The van der Waals surface area contributed by atoms with Crippen molar-refractivity contribution in [3.8, 4) is 11.5 Å². The molecule has 2 heterocycles. The number of ether oxygens (including phenoxy) is 2. The van der Waals surface area contributed by atoms with E-state index in [4.69, 9.17) is 13.9 Å². The number of benzene rings is 1. The van der Waals surface area contributed by atoms with Gasteiger partial charge in [0.25, 0.3) is 0 Å². The Balaban J connectivity index is 1.66. The normalized spacial score (nSPS) is 16.6. The Kier molecular flexibility index (Phi) is 6.36. The van der Waals surface area contributed by atoms with Crippen molar-refractivity contribution < 1.29 is 13.9 Å². The molecule has 0 aliphatic carbocycles. The topological polar surface area (TPSA) is 46.9 Å². The van der Waals surface area contributed by atoms with E-state index in [0.29, 0.717) is 0 Å². The van der Waals surface area contributed by atoms with Crippen LogP contribution in [0.4, 0.5) is 0 Å². The van der Waals surface area contributed by atoms with E-state index < -0.39 is 0 Å². The predicted octanol–water partition coefficient (Wildman–Crippen LogP) is 3.61. The predicted molar refractivity (Wildman–Crippen MR) is 98.1 cm³/mol. The van der Waals surface area contributed by atoms with Crippen molar-refractivity contribution >= 4 is 0 Å². The maximum Gasteiger partial charge on any atom is 0.165 e. The average Bonchev–Trinajstić information content (AvgIpc) is 3.20. The smallest absolute Gasteiger partial charge is 0.165 e. The fourth-order valence-corrected chi connectivity index (χ4v) is 3.56. The summed E-state index contributed by atoms with van der Waals surface area (Å²) < 4.78 is 16.6. The molecule has 1 atom stereocenters. The van der Waals surface area contributed by atoms with Gasteiger partial charge in [-0.05, 0) is 44.1 Å². The fraction of sp³-hybridized carbons (Fsp3) is 0.500. The number of nitrogens with zero attached hydrogens (tertiary/aromatic N) is 1. The molecule has 1 saturated heterocycles. The van der Waals surface area contributed by atoms with Crippen LogP contribution < -0.4 is 14.8 Å². The zero-order chi connectivity index (χ0) is 17.5. The third kappa shape index (κ3) is 4.35. The second kappa shape index (κ2) is 8.92. The van der Waals surface area contributed by atoms with Gasteiger partial charge < -0.3 is 19.2 Å². The lowest BCUT2D eigenvalue weighted by Crippen LogP contribution is -2.38. The van der Waals surface area contributed by atoms with Crippen molar-refractivity contribution in [1.29, 1.82) is 0 Å². The molecular weight excluding hydrogens is 316 g/mol. The van der Waals surface area contributed by atoms with Gasteiger partial charge in [-0.1, -0.05) is 18.6 Å². The van der Waals surface area contributed by atoms with Crippen LogP contribution in [0.2, 0.25) is 0 Å². The molecule has 2 aromatic rings. The first-order chi connectivity index (χ1) is 12.3. The van der Waals surface area contributed by atoms with Crippen molar-refractivity contribution in [3.63, 3.8) is 0 Å². The van der Waals surface area contributed by atoms with Gasteiger partial charge in [-0.15, -0.1) is 0 Å². The Hall–Kier alpha value is -1.98. The molecule has 3 rings (SSSR count). The molecule has 0 radical (unpaired) electrons. The Morgan fingerprint density at radius 3 is 2.60 bits per heavy atom. The van der Waals surface area contributed by atoms with E-state index in [0.717, 1.165) is 49.0 Å². The van der Waals surface area contributed by atoms with E-state index in [2.05, 4.69) is 22.3 Å². The van der Waals surface area contributed by atoms with Crippen LogP contribution >= 0.6 is 0 Å². The van der Waals surface area contributed by atoms with Gasteiger partial charge in [-0.3, -0.25) is 4.90 Å². The zero-order valence-electron chi connectivity index (χ0n) is 15.2. The molecule has 1 fully saturated rings. The van der Waals surface area contributed by atoms with Gasteiger partial charge in [0, 0.05) is 18.7 Å². The number of hydrogen-bond acceptors (Lipinski definition) is 5. The summed E-state index contributed by atoms with van der Waals surface area (Å²) in [5.74, 6) is 2.59. The van der Waals surface area contributed by atoms with E-state index in [1.807, 2.05) is 18.2 Å². The third-order valence-corrected chi connectivity index (χ3v) is 4.84. The van der Waals surface area contributed by atoms with Crippen LogP contribution in [-0.2, 0) is 6.54 Å². The standard InChI is InChI=1S/C20H28N2O3/c1-23-19-9-6-8-16(20(19)24-2)14-21-15-17(18-10-7-13-25-18)22-11-4-3-5-12-22/h6-10,13,17,21H,3-5,11-12,14-15H2,1-2H3. The van der Waals surface area contributed by atoms with Crippen LogP contribution in [0.25, 0.3) is 0 Å². The van der Waals surface area contributed by atoms with Crippen LogP contribution in [0.5, 0.6) is 11.5 Å². The fourth-order valence-electron chi connectivity index (χ4n) is 3.56. The van der Waals surface area contributed by atoms with Gasteiger partial charge in [0.15, 0.2) is 11.5 Å². The van der Waals surface area contributed by atoms with Crippen LogP contribution in [-0.4, -0.2) is 38.8 Å². The van der Waals surface area contributed by atoms with Crippen LogP contribution in [0.15, 0.2) is 41.0 Å². The Morgan fingerprint density at radius 1 is 1.08 bits per heavy atom. The quantitative estimate of drug-likeness (QED) is 0.793. The highest BCUT2D eigenvalue weighted by atomic mass is 16.5. The van der Waals surface area contributed by atoms with Crippen molar-refractivity contribution in [2.24, 2.45) is 0 Å². The first-order valence-corrected chi connectivity index (χ1v) is 9.01. The van der Waals surface area contributed by atoms with Crippen LogP contribution in [0.1, 0.15) is 36.6 Å². The van der Waals surface area contributed by atoms with Crippen molar-refractivity contribution in [3.05, 3.63) is 47.9 Å². The molecule has 5 heteroatoms. The second-order valence-electron chi connectivity index (χ2n) is 6.41. The first-order valence-electron chi connectivity index (χ1n) is 9.01. The number of methoxy groups -OCH3 is 2. The maximum atomic E-state index is 5.71. The van der Waals surface area contributed by atoms with Crippen LogP contribution in [0, 0.1) is 0 Å². The molecule has 1 aliphatic rings. The molecule has 0 bridgehead atoms. The zero-order valence-corrected chi connectivity index (χ0v) is 15.2. The lowest BCUT2D eigenvalue weighted by molar-refractivity contribution is 0.142. The Bertz CT molecular complexity index is 636. The molecule has 25 heavy (non-hydrogen) atoms. The minimum atomic E-state index is 0.270. The molecule has 0 spiro atoms. The summed E-state index contributed by atoms with van der Waals surface area (Å²) in [6.07, 6.45) is 5.62. The summed E-state index contributed by atoms with van der Waals surface area (Å²) in [6, 6.07) is 10.3. The number of hydrogen-bond donors (Lipinski definition) is 1. The highest BCUT2D eigenvalue weighted by Crippen LogP contribution is 2.31. The Morgan fingerprint density at radius 2 is 1.92 bits per heavy atom. The van der Waals surface area contributed by atoms with E-state index in [-0.39, 0.29) is 6.04 Å². The molecule has 1 aromatic heterocycles. The SMILES string of the molecule is COc1cccc(CNCC(c2ccco2)N2CCCCC2)c1OC. The molecule has 1 aromatic carbocycles. The molecule has 136 valence electrons. The minimum Gasteiger partial charge on any atom is -0.493 e. The number of likely N-dealkylation sites (tertiary alicyclic amines) is 1. The summed E-state index contributed by atoms with van der Waals surface area (Å²) in [5, 5.41) is 3.58. The number of rotatable bonds is 8. The Labute approximate surface area is 149 Å². The first kappa shape index (κ1) is 17.8. The van der Waals surface area contributed by atoms with E-state index in [1.54, 1.807) is 20.5 Å². The summed E-state index contributed by atoms with van der Waals surface area (Å²) in [6.45, 7) is 3.84. The molecule has 1 unspecified atom stereocenters. The van der Waals surface area contributed by atoms with Gasteiger partial charge in [-0.25, -0.2) is 0 Å². The van der Waals surface area contributed by atoms with E-state index in [9.17, 15) is 0 Å². The van der Waals surface area contributed by atoms with Crippen LogP contribution in [0.3, 0.4) is 0 Å². The summed E-state index contributed by atoms with van der Waals surface area (Å²) in [4.78, 5) is 2.53. The van der Waals surface area contributed by atoms with Crippen molar-refractivity contribution in [1.82, 2.24) is 10.2 Å². The van der Waals surface area contributed by atoms with Crippen molar-refractivity contribution in [2.45, 2.75) is 31.8 Å². The van der Waals surface area contributed by atoms with Gasteiger partial charge in [-0.2, -0.15) is 0 Å². The summed E-state index contributed by atoms with van der Waals surface area (Å²) in [7, 11) is 3.35. The molecule has 0 saturated carbocycles. The number of furan rings is 1. The monoisotopic (exact) mass is 344 g/mol. The number of piperidine rings is 1. The number of nitrogens with one attached hydrogen (secondary N) is 1. The van der Waals surface area contributed by atoms with E-state index in [1.165, 1.54) is 19.3 Å². The third-order valence-electron chi connectivity index (χ3n) is 4.84. The molecular formula is C20H28N2O3. The van der Waals surface area contributed by atoms with Crippen molar-refractivity contribution in [2.75, 3.05) is 33.9 Å². The maximum absolute atomic E-state index is 5.71. The number of para-hydroxylation sites is 1. The van der Waals surface area contributed by atoms with Gasteiger partial charge in [0.2, 0.25) is 0 Å². The lowest BCUT2D eigenvalue weighted by Gasteiger charge is -2.33. The lowest BCUT2D eigenvalue weighted by atomic mass is 10.1. The van der Waals surface area contributed by atoms with Gasteiger partial charge in [0.05, 0.1) is 26.5 Å². The highest BCUT2D eigenvalue weighted by molar-refractivity contribution is 5.46. The van der Waals surface area contributed by atoms with Gasteiger partial charge in [0.1, 0.15) is 5.76 Å². The summed E-state index contributed by atoms with van der Waals surface area (Å²) >= 11 is 0. The van der Waals surface area contributed by atoms with Gasteiger partial charge >= 0.3 is 0 Å². The average molecular weight is 344 g/mol. The van der Waals surface area contributed by atoms with E-state index >= 15 is 0 Å². The minimum absolute atomic E-state index is 0.270. The molecule has 1 aliphatic heterocycles. The molecule has 5 nitrogen and oxygen atoms in total. The molecule has 1 N–H and O–H groups in total. The highest BCUT2D eigenvalue weighted by Gasteiger charge is 2.24.